The van der Waals surface area contributed by atoms with E-state index in [1.54, 1.807) is 26.8 Å². The Balaban J connectivity index is 2.56. The number of alkyl carbamates (subject to hydrolysis) is 1. The highest BCUT2D eigenvalue weighted by molar-refractivity contribution is 5.75. The van der Waals surface area contributed by atoms with Crippen LogP contribution in [0.1, 0.15) is 36.7 Å². The van der Waals surface area contributed by atoms with Gasteiger partial charge >= 0.3 is 6.09 Å². The van der Waals surface area contributed by atoms with Crippen LogP contribution in [0.4, 0.5) is 9.18 Å². The number of aldehydes is 1. The average molecular weight is 253 g/mol. The quantitative estimate of drug-likeness (QED) is 0.842. The molecule has 0 bridgehead atoms. The summed E-state index contributed by atoms with van der Waals surface area (Å²) < 4.78 is 18.3. The van der Waals surface area contributed by atoms with E-state index in [-0.39, 0.29) is 12.1 Å². The van der Waals surface area contributed by atoms with E-state index in [2.05, 4.69) is 5.32 Å². The molecule has 1 rings (SSSR count). The smallest absolute Gasteiger partial charge is 0.407 e. The zero-order valence-corrected chi connectivity index (χ0v) is 10.6. The Labute approximate surface area is 105 Å². The van der Waals surface area contributed by atoms with E-state index in [0.717, 1.165) is 0 Å². The van der Waals surface area contributed by atoms with E-state index in [4.69, 9.17) is 4.74 Å². The summed E-state index contributed by atoms with van der Waals surface area (Å²) in [5.41, 5.74) is -0.0172. The van der Waals surface area contributed by atoms with E-state index in [0.29, 0.717) is 11.8 Å². The van der Waals surface area contributed by atoms with Crippen molar-refractivity contribution in [3.05, 3.63) is 35.1 Å². The molecule has 0 aliphatic carbocycles. The highest BCUT2D eigenvalue weighted by Crippen LogP contribution is 2.10. The normalized spacial score (nSPS) is 10.9. The van der Waals surface area contributed by atoms with Gasteiger partial charge in [-0.25, -0.2) is 9.18 Å². The van der Waals surface area contributed by atoms with Crippen LogP contribution in [0.5, 0.6) is 0 Å². The third-order valence-electron chi connectivity index (χ3n) is 2.03. The lowest BCUT2D eigenvalue weighted by Crippen LogP contribution is -2.32. The van der Waals surface area contributed by atoms with Crippen molar-refractivity contribution in [2.45, 2.75) is 32.9 Å². The average Bonchev–Trinajstić information content (AvgIpc) is 2.24. The molecule has 0 atom stereocenters. The van der Waals surface area contributed by atoms with Crippen LogP contribution in [0, 0.1) is 5.82 Å². The molecule has 4 nitrogen and oxygen atoms in total. The molecule has 0 spiro atoms. The summed E-state index contributed by atoms with van der Waals surface area (Å²) in [6.45, 7) is 5.41. The van der Waals surface area contributed by atoms with Crippen LogP contribution in [-0.2, 0) is 11.3 Å². The lowest BCUT2D eigenvalue weighted by atomic mass is 10.1. The second-order valence-corrected chi connectivity index (χ2v) is 4.83. The van der Waals surface area contributed by atoms with Crippen molar-refractivity contribution in [2.75, 3.05) is 0 Å². The molecule has 1 N–H and O–H groups in total. The molecular weight excluding hydrogens is 237 g/mol. The number of halogens is 1. The third-order valence-corrected chi connectivity index (χ3v) is 2.03. The van der Waals surface area contributed by atoms with Crippen molar-refractivity contribution >= 4 is 12.4 Å². The first-order valence-electron chi connectivity index (χ1n) is 5.52. The molecule has 0 saturated heterocycles. The van der Waals surface area contributed by atoms with Gasteiger partial charge in [0.2, 0.25) is 0 Å². The van der Waals surface area contributed by atoms with Crippen LogP contribution in [0.3, 0.4) is 0 Å². The summed E-state index contributed by atoms with van der Waals surface area (Å²) in [5.74, 6) is -0.603. The van der Waals surface area contributed by atoms with Crippen molar-refractivity contribution in [2.24, 2.45) is 0 Å². The van der Waals surface area contributed by atoms with Crippen LogP contribution in [-0.4, -0.2) is 18.0 Å². The summed E-state index contributed by atoms with van der Waals surface area (Å²) in [7, 11) is 0. The third kappa shape index (κ3) is 4.53. The molecule has 0 aromatic heterocycles. The number of amides is 1. The van der Waals surface area contributed by atoms with Gasteiger partial charge < -0.3 is 10.1 Å². The first-order valence-corrected chi connectivity index (χ1v) is 5.52. The Bertz CT molecular complexity index is 452. The second-order valence-electron chi connectivity index (χ2n) is 4.83. The lowest BCUT2D eigenvalue weighted by molar-refractivity contribution is 0.0523. The van der Waals surface area contributed by atoms with Crippen LogP contribution in [0.25, 0.3) is 0 Å². The number of nitrogens with one attached hydrogen (secondary N) is 1. The van der Waals surface area contributed by atoms with E-state index < -0.39 is 17.5 Å². The highest BCUT2D eigenvalue weighted by atomic mass is 19.1. The van der Waals surface area contributed by atoms with E-state index in [1.165, 1.54) is 12.1 Å². The van der Waals surface area contributed by atoms with Crippen LogP contribution < -0.4 is 5.32 Å². The molecule has 5 heteroatoms. The largest absolute Gasteiger partial charge is 0.444 e. The maximum atomic E-state index is 13.3. The molecule has 1 aromatic rings. The Morgan fingerprint density at radius 1 is 1.44 bits per heavy atom. The molecule has 98 valence electrons. The van der Waals surface area contributed by atoms with Gasteiger partial charge in [0, 0.05) is 6.54 Å². The van der Waals surface area contributed by atoms with Crippen molar-refractivity contribution < 1.29 is 18.7 Å². The number of hydrogen-bond donors (Lipinski definition) is 1. The monoisotopic (exact) mass is 253 g/mol. The summed E-state index contributed by atoms with van der Waals surface area (Å²) in [4.78, 5) is 21.8. The number of benzene rings is 1. The van der Waals surface area contributed by atoms with Gasteiger partial charge in [-0.2, -0.15) is 0 Å². The molecule has 0 aliphatic heterocycles. The minimum atomic E-state index is -0.603. The SMILES string of the molecule is CC(C)(C)OC(=O)NCc1ccc(C=O)c(F)c1. The standard InChI is InChI=1S/C13H16FNO3/c1-13(2,3)18-12(17)15-7-9-4-5-10(8-16)11(14)6-9/h4-6,8H,7H2,1-3H3,(H,15,17). The van der Waals surface area contributed by atoms with Gasteiger partial charge in [-0.15, -0.1) is 0 Å². The second kappa shape index (κ2) is 5.62. The fourth-order valence-electron chi connectivity index (χ4n) is 1.26. The van der Waals surface area contributed by atoms with Gasteiger partial charge in [-0.1, -0.05) is 6.07 Å². The highest BCUT2D eigenvalue weighted by Gasteiger charge is 2.15. The molecule has 0 heterocycles. The predicted molar refractivity (Wildman–Crippen MR) is 64.9 cm³/mol. The van der Waals surface area contributed by atoms with Gasteiger partial charge in [-0.3, -0.25) is 4.79 Å². The fourth-order valence-corrected chi connectivity index (χ4v) is 1.26. The molecule has 0 fully saturated rings. The van der Waals surface area contributed by atoms with Gasteiger partial charge in [0.05, 0.1) is 5.56 Å². The van der Waals surface area contributed by atoms with Gasteiger partial charge in [-0.05, 0) is 38.5 Å². The minimum absolute atomic E-state index is 0.00369. The fraction of sp³-hybridized carbons (Fsp3) is 0.385. The predicted octanol–water partition coefficient (Wildman–Crippen LogP) is 2.66. The Morgan fingerprint density at radius 2 is 2.11 bits per heavy atom. The van der Waals surface area contributed by atoms with Crippen molar-refractivity contribution in [1.82, 2.24) is 5.32 Å². The molecular formula is C13H16FNO3. The minimum Gasteiger partial charge on any atom is -0.444 e. The Kier molecular flexibility index (Phi) is 4.42. The van der Waals surface area contributed by atoms with E-state index in [1.807, 2.05) is 0 Å². The topological polar surface area (TPSA) is 55.4 Å². The first kappa shape index (κ1) is 14.2. The molecule has 0 radical (unpaired) electrons. The van der Waals surface area contributed by atoms with Crippen molar-refractivity contribution in [1.29, 1.82) is 0 Å². The summed E-state index contributed by atoms with van der Waals surface area (Å²) in [6.07, 6.45) is -0.122. The van der Waals surface area contributed by atoms with Gasteiger partial charge in [0.1, 0.15) is 11.4 Å². The summed E-state index contributed by atoms with van der Waals surface area (Å²) in [6, 6.07) is 4.15. The van der Waals surface area contributed by atoms with Crippen LogP contribution in [0.15, 0.2) is 18.2 Å². The molecule has 1 amide bonds. The summed E-state index contributed by atoms with van der Waals surface area (Å²) >= 11 is 0. The number of carbonyl (C=O) groups is 2. The van der Waals surface area contributed by atoms with E-state index in [9.17, 15) is 14.0 Å². The molecule has 1 aromatic carbocycles. The molecule has 18 heavy (non-hydrogen) atoms. The number of rotatable bonds is 3. The molecule has 0 aliphatic rings. The lowest BCUT2D eigenvalue weighted by Gasteiger charge is -2.19. The summed E-state index contributed by atoms with van der Waals surface area (Å²) in [5, 5.41) is 2.50. The van der Waals surface area contributed by atoms with Crippen molar-refractivity contribution in [3.8, 4) is 0 Å². The van der Waals surface area contributed by atoms with Gasteiger partial charge in [0.15, 0.2) is 6.29 Å². The maximum absolute atomic E-state index is 13.3. The molecule has 0 saturated carbocycles. The number of ether oxygens (including phenoxy) is 1. The first-order chi connectivity index (χ1) is 8.31. The number of hydrogen-bond acceptors (Lipinski definition) is 3. The zero-order chi connectivity index (χ0) is 13.8. The number of carbonyl (C=O) groups excluding carboxylic acids is 2. The van der Waals surface area contributed by atoms with Crippen LogP contribution in [0.2, 0.25) is 0 Å². The Hall–Kier alpha value is -1.91. The zero-order valence-electron chi connectivity index (χ0n) is 10.6. The van der Waals surface area contributed by atoms with Crippen LogP contribution >= 0.6 is 0 Å². The molecule has 0 unspecified atom stereocenters. The van der Waals surface area contributed by atoms with Gasteiger partial charge in [0.25, 0.3) is 0 Å². The maximum Gasteiger partial charge on any atom is 0.407 e. The van der Waals surface area contributed by atoms with E-state index >= 15 is 0 Å². The Morgan fingerprint density at radius 3 is 2.61 bits per heavy atom. The van der Waals surface area contributed by atoms with Crippen molar-refractivity contribution in [3.63, 3.8) is 0 Å².